The molecule has 0 saturated carbocycles. The number of rotatable bonds is 6. The molecular formula is C15H31N3O. The fourth-order valence-electron chi connectivity index (χ4n) is 3.52. The number of hydrogen-bond donors (Lipinski definition) is 1. The van der Waals surface area contributed by atoms with Crippen LogP contribution in [0, 0.1) is 0 Å². The number of piperidine rings is 1. The number of methoxy groups -OCH3 is 1. The highest BCUT2D eigenvalue weighted by molar-refractivity contribution is 4.95. The smallest absolute Gasteiger partial charge is 0.0480 e. The van der Waals surface area contributed by atoms with Gasteiger partial charge in [0.2, 0.25) is 0 Å². The van der Waals surface area contributed by atoms with Gasteiger partial charge in [-0.25, -0.2) is 0 Å². The number of likely N-dealkylation sites (tertiary alicyclic amines) is 2. The SMILES string of the molecule is COCCC(C)(CN)N1CCC(N2CCCCC2)C1. The Morgan fingerprint density at radius 3 is 2.58 bits per heavy atom. The molecule has 2 atom stereocenters. The molecule has 2 aliphatic rings. The lowest BCUT2D eigenvalue weighted by Crippen LogP contribution is -2.52. The van der Waals surface area contributed by atoms with Gasteiger partial charge >= 0.3 is 0 Å². The van der Waals surface area contributed by atoms with Crippen molar-refractivity contribution in [2.24, 2.45) is 5.73 Å². The molecular weight excluding hydrogens is 238 g/mol. The molecule has 0 spiro atoms. The Balaban J connectivity index is 1.88. The molecule has 2 unspecified atom stereocenters. The van der Waals surface area contributed by atoms with E-state index >= 15 is 0 Å². The minimum Gasteiger partial charge on any atom is -0.385 e. The van der Waals surface area contributed by atoms with E-state index in [1.54, 1.807) is 7.11 Å². The third-order valence-electron chi connectivity index (χ3n) is 5.12. The largest absolute Gasteiger partial charge is 0.385 e. The molecule has 2 fully saturated rings. The maximum Gasteiger partial charge on any atom is 0.0480 e. The van der Waals surface area contributed by atoms with E-state index in [-0.39, 0.29) is 5.54 Å². The molecule has 2 N–H and O–H groups in total. The van der Waals surface area contributed by atoms with Gasteiger partial charge < -0.3 is 10.5 Å². The van der Waals surface area contributed by atoms with E-state index in [0.717, 1.165) is 25.6 Å². The van der Waals surface area contributed by atoms with Gasteiger partial charge in [-0.05, 0) is 45.7 Å². The van der Waals surface area contributed by atoms with Crippen LogP contribution in [0.3, 0.4) is 0 Å². The molecule has 0 aliphatic carbocycles. The molecule has 112 valence electrons. The number of nitrogens with zero attached hydrogens (tertiary/aromatic N) is 2. The molecule has 0 aromatic heterocycles. The van der Waals surface area contributed by atoms with Gasteiger partial charge in [0.1, 0.15) is 0 Å². The van der Waals surface area contributed by atoms with Crippen LogP contribution in [0.25, 0.3) is 0 Å². The summed E-state index contributed by atoms with van der Waals surface area (Å²) < 4.78 is 5.25. The fourth-order valence-corrected chi connectivity index (χ4v) is 3.52. The first kappa shape index (κ1) is 15.2. The summed E-state index contributed by atoms with van der Waals surface area (Å²) in [5, 5.41) is 0. The molecule has 19 heavy (non-hydrogen) atoms. The van der Waals surface area contributed by atoms with Gasteiger partial charge in [-0.2, -0.15) is 0 Å². The highest BCUT2D eigenvalue weighted by atomic mass is 16.5. The molecule has 2 aliphatic heterocycles. The van der Waals surface area contributed by atoms with E-state index in [2.05, 4.69) is 16.7 Å². The van der Waals surface area contributed by atoms with Crippen molar-refractivity contribution in [3.63, 3.8) is 0 Å². The van der Waals surface area contributed by atoms with Crippen LogP contribution in [0.2, 0.25) is 0 Å². The molecule has 2 rings (SSSR count). The summed E-state index contributed by atoms with van der Waals surface area (Å²) in [6.45, 7) is 8.81. The van der Waals surface area contributed by atoms with Crippen LogP contribution in [0.15, 0.2) is 0 Å². The fraction of sp³-hybridized carbons (Fsp3) is 1.00. The summed E-state index contributed by atoms with van der Waals surface area (Å²) in [4.78, 5) is 5.31. The van der Waals surface area contributed by atoms with Gasteiger partial charge in [-0.3, -0.25) is 9.80 Å². The lowest BCUT2D eigenvalue weighted by Gasteiger charge is -2.39. The van der Waals surface area contributed by atoms with E-state index in [0.29, 0.717) is 0 Å². The van der Waals surface area contributed by atoms with Crippen molar-refractivity contribution in [2.45, 2.75) is 50.6 Å². The van der Waals surface area contributed by atoms with E-state index in [4.69, 9.17) is 10.5 Å². The van der Waals surface area contributed by atoms with Crippen LogP contribution in [0.4, 0.5) is 0 Å². The van der Waals surface area contributed by atoms with Crippen molar-refractivity contribution in [3.8, 4) is 0 Å². The van der Waals surface area contributed by atoms with Crippen LogP contribution < -0.4 is 5.73 Å². The summed E-state index contributed by atoms with van der Waals surface area (Å²) in [6, 6.07) is 0.758. The zero-order valence-corrected chi connectivity index (χ0v) is 12.7. The van der Waals surface area contributed by atoms with Crippen molar-refractivity contribution in [1.29, 1.82) is 0 Å². The Morgan fingerprint density at radius 1 is 1.21 bits per heavy atom. The molecule has 2 heterocycles. The molecule has 0 aromatic carbocycles. The number of hydrogen-bond acceptors (Lipinski definition) is 4. The van der Waals surface area contributed by atoms with Crippen molar-refractivity contribution >= 4 is 0 Å². The monoisotopic (exact) mass is 269 g/mol. The third-order valence-corrected chi connectivity index (χ3v) is 5.12. The van der Waals surface area contributed by atoms with Crippen LogP contribution in [-0.4, -0.2) is 67.8 Å². The minimum absolute atomic E-state index is 0.112. The average Bonchev–Trinajstić information content (AvgIpc) is 2.96. The average molecular weight is 269 g/mol. The molecule has 2 saturated heterocycles. The van der Waals surface area contributed by atoms with Crippen molar-refractivity contribution in [1.82, 2.24) is 9.80 Å². The van der Waals surface area contributed by atoms with Crippen LogP contribution in [0.5, 0.6) is 0 Å². The molecule has 0 amide bonds. The van der Waals surface area contributed by atoms with Crippen LogP contribution in [0.1, 0.15) is 39.0 Å². The van der Waals surface area contributed by atoms with Gasteiger partial charge in [0, 0.05) is 44.9 Å². The topological polar surface area (TPSA) is 41.7 Å². The van der Waals surface area contributed by atoms with Crippen molar-refractivity contribution in [3.05, 3.63) is 0 Å². The van der Waals surface area contributed by atoms with E-state index in [9.17, 15) is 0 Å². The van der Waals surface area contributed by atoms with Crippen LogP contribution in [-0.2, 0) is 4.74 Å². The molecule has 4 nitrogen and oxygen atoms in total. The minimum atomic E-state index is 0.112. The Labute approximate surface area is 118 Å². The summed E-state index contributed by atoms with van der Waals surface area (Å²) in [5.41, 5.74) is 6.15. The Kier molecular flexibility index (Phi) is 5.63. The second-order valence-electron chi connectivity index (χ2n) is 6.43. The second kappa shape index (κ2) is 7.02. The first-order chi connectivity index (χ1) is 9.19. The molecule has 0 bridgehead atoms. The number of ether oxygens (including phenoxy) is 1. The van der Waals surface area contributed by atoms with E-state index in [1.807, 2.05) is 0 Å². The first-order valence-electron chi connectivity index (χ1n) is 7.88. The standard InChI is InChI=1S/C15H31N3O/c1-15(13-16,7-11-19-2)18-10-6-14(12-18)17-8-4-3-5-9-17/h14H,3-13,16H2,1-2H3. The van der Waals surface area contributed by atoms with E-state index in [1.165, 1.54) is 51.9 Å². The highest BCUT2D eigenvalue weighted by Crippen LogP contribution is 2.27. The van der Waals surface area contributed by atoms with Crippen molar-refractivity contribution in [2.75, 3.05) is 46.4 Å². The zero-order chi connectivity index (χ0) is 13.7. The van der Waals surface area contributed by atoms with E-state index < -0.39 is 0 Å². The quantitative estimate of drug-likeness (QED) is 0.789. The maximum atomic E-state index is 6.04. The van der Waals surface area contributed by atoms with Gasteiger partial charge in [0.25, 0.3) is 0 Å². The second-order valence-corrected chi connectivity index (χ2v) is 6.43. The Bertz CT molecular complexity index is 268. The summed E-state index contributed by atoms with van der Waals surface area (Å²) in [6.07, 6.45) is 6.53. The highest BCUT2D eigenvalue weighted by Gasteiger charge is 2.37. The number of nitrogens with two attached hydrogens (primary N) is 1. The normalized spacial score (nSPS) is 29.5. The summed E-state index contributed by atoms with van der Waals surface area (Å²) in [7, 11) is 1.78. The third kappa shape index (κ3) is 3.69. The van der Waals surface area contributed by atoms with Gasteiger partial charge in [0.05, 0.1) is 0 Å². The van der Waals surface area contributed by atoms with Gasteiger partial charge in [0.15, 0.2) is 0 Å². The molecule has 0 radical (unpaired) electrons. The Morgan fingerprint density at radius 2 is 1.95 bits per heavy atom. The van der Waals surface area contributed by atoms with Crippen molar-refractivity contribution < 1.29 is 4.74 Å². The predicted molar refractivity (Wildman–Crippen MR) is 79.4 cm³/mol. The molecule has 4 heteroatoms. The first-order valence-corrected chi connectivity index (χ1v) is 7.88. The summed E-state index contributed by atoms with van der Waals surface area (Å²) in [5.74, 6) is 0. The lowest BCUT2D eigenvalue weighted by molar-refractivity contribution is 0.0765. The molecule has 0 aromatic rings. The lowest BCUT2D eigenvalue weighted by atomic mass is 9.96. The van der Waals surface area contributed by atoms with Crippen LogP contribution >= 0.6 is 0 Å². The zero-order valence-electron chi connectivity index (χ0n) is 12.7. The summed E-state index contributed by atoms with van der Waals surface area (Å²) >= 11 is 0. The predicted octanol–water partition coefficient (Wildman–Crippen LogP) is 1.30. The van der Waals surface area contributed by atoms with Gasteiger partial charge in [-0.1, -0.05) is 6.42 Å². The Hall–Kier alpha value is -0.160. The van der Waals surface area contributed by atoms with Gasteiger partial charge in [-0.15, -0.1) is 0 Å². The maximum absolute atomic E-state index is 6.04.